The summed E-state index contributed by atoms with van der Waals surface area (Å²) in [4.78, 5) is 13.9. The Bertz CT molecular complexity index is 439. The van der Waals surface area contributed by atoms with Crippen LogP contribution in [0.1, 0.15) is 31.4 Å². The zero-order valence-corrected chi connectivity index (χ0v) is 12.0. The van der Waals surface area contributed by atoms with E-state index in [0.29, 0.717) is 13.2 Å². The van der Waals surface area contributed by atoms with Crippen molar-refractivity contribution >= 4 is 11.7 Å². The maximum Gasteiger partial charge on any atom is 0.321 e. The molecule has 1 aliphatic heterocycles. The highest BCUT2D eigenvalue weighted by atomic mass is 16.5. The first-order valence-electron chi connectivity index (χ1n) is 6.97. The standard InChI is InChI=1S/C15H22N2O3/c1-11(18)12-3-5-13(6-4-12)16-15(19)17(2)14-7-9-20-10-8-14/h3-6,11,14,18H,7-10H2,1-2H3,(H,16,19). The molecular weight excluding hydrogens is 256 g/mol. The SMILES string of the molecule is CC(O)c1ccc(NC(=O)N(C)C2CCOCC2)cc1. The summed E-state index contributed by atoms with van der Waals surface area (Å²) in [5.74, 6) is 0. The van der Waals surface area contributed by atoms with Crippen molar-refractivity contribution in [2.45, 2.75) is 31.9 Å². The lowest BCUT2D eigenvalue weighted by atomic mass is 10.1. The van der Waals surface area contributed by atoms with Crippen molar-refractivity contribution in [3.05, 3.63) is 29.8 Å². The minimum atomic E-state index is -0.496. The second-order valence-electron chi connectivity index (χ2n) is 5.18. The van der Waals surface area contributed by atoms with Crippen LogP contribution in [0.25, 0.3) is 0 Å². The first kappa shape index (κ1) is 14.8. The molecular formula is C15H22N2O3. The molecule has 2 amide bonds. The molecule has 5 nitrogen and oxygen atoms in total. The molecule has 0 bridgehead atoms. The van der Waals surface area contributed by atoms with Gasteiger partial charge >= 0.3 is 6.03 Å². The maximum absolute atomic E-state index is 12.2. The van der Waals surface area contributed by atoms with Gasteiger partial charge in [0.25, 0.3) is 0 Å². The highest BCUT2D eigenvalue weighted by Crippen LogP contribution is 2.17. The Balaban J connectivity index is 1.92. The number of benzene rings is 1. The molecule has 0 aliphatic carbocycles. The largest absolute Gasteiger partial charge is 0.389 e. The van der Waals surface area contributed by atoms with Gasteiger partial charge in [-0.25, -0.2) is 4.79 Å². The van der Waals surface area contributed by atoms with Crippen molar-refractivity contribution in [3.8, 4) is 0 Å². The van der Waals surface area contributed by atoms with E-state index in [1.165, 1.54) is 0 Å². The van der Waals surface area contributed by atoms with Gasteiger partial charge in [-0.2, -0.15) is 0 Å². The summed E-state index contributed by atoms with van der Waals surface area (Å²) in [5, 5.41) is 12.3. The van der Waals surface area contributed by atoms with E-state index >= 15 is 0 Å². The zero-order chi connectivity index (χ0) is 14.5. The lowest BCUT2D eigenvalue weighted by molar-refractivity contribution is 0.0544. The summed E-state index contributed by atoms with van der Waals surface area (Å²) in [6, 6.07) is 7.36. The molecule has 1 saturated heterocycles. The number of aliphatic hydroxyl groups is 1. The number of hydrogen-bond acceptors (Lipinski definition) is 3. The van der Waals surface area contributed by atoms with E-state index in [2.05, 4.69) is 5.32 Å². The van der Waals surface area contributed by atoms with Crippen LogP contribution in [0.4, 0.5) is 10.5 Å². The van der Waals surface area contributed by atoms with Gasteiger partial charge in [0.15, 0.2) is 0 Å². The topological polar surface area (TPSA) is 61.8 Å². The van der Waals surface area contributed by atoms with Gasteiger partial charge in [0, 0.05) is 32.0 Å². The molecule has 0 saturated carbocycles. The van der Waals surface area contributed by atoms with Gasteiger partial charge in [0.1, 0.15) is 0 Å². The van der Waals surface area contributed by atoms with E-state index in [4.69, 9.17) is 4.74 Å². The van der Waals surface area contributed by atoms with Gasteiger partial charge in [-0.1, -0.05) is 12.1 Å². The number of carbonyl (C=O) groups is 1. The fourth-order valence-electron chi connectivity index (χ4n) is 2.29. The van der Waals surface area contributed by atoms with Gasteiger partial charge in [-0.3, -0.25) is 0 Å². The number of aliphatic hydroxyl groups excluding tert-OH is 1. The van der Waals surface area contributed by atoms with Crippen molar-refractivity contribution in [1.29, 1.82) is 0 Å². The average Bonchev–Trinajstić information content (AvgIpc) is 2.48. The van der Waals surface area contributed by atoms with Gasteiger partial charge < -0.3 is 20.1 Å². The van der Waals surface area contributed by atoms with Crippen molar-refractivity contribution in [3.63, 3.8) is 0 Å². The monoisotopic (exact) mass is 278 g/mol. The number of hydrogen-bond donors (Lipinski definition) is 2. The fourth-order valence-corrected chi connectivity index (χ4v) is 2.29. The van der Waals surface area contributed by atoms with Crippen LogP contribution in [0.3, 0.4) is 0 Å². The van der Waals surface area contributed by atoms with Crippen LogP contribution in [-0.4, -0.2) is 42.3 Å². The number of nitrogens with zero attached hydrogens (tertiary/aromatic N) is 1. The molecule has 2 rings (SSSR count). The lowest BCUT2D eigenvalue weighted by Gasteiger charge is -2.31. The van der Waals surface area contributed by atoms with Gasteiger partial charge in [0.05, 0.1) is 6.10 Å². The predicted octanol–water partition coefficient (Wildman–Crippen LogP) is 2.38. The van der Waals surface area contributed by atoms with Crippen molar-refractivity contribution in [2.75, 3.05) is 25.6 Å². The summed E-state index contributed by atoms with van der Waals surface area (Å²) < 4.78 is 5.30. The zero-order valence-electron chi connectivity index (χ0n) is 12.0. The highest BCUT2D eigenvalue weighted by Gasteiger charge is 2.22. The number of anilines is 1. The molecule has 1 aromatic rings. The van der Waals surface area contributed by atoms with E-state index in [1.54, 1.807) is 24.0 Å². The van der Waals surface area contributed by atoms with Crippen LogP contribution in [0.15, 0.2) is 24.3 Å². The second-order valence-corrected chi connectivity index (χ2v) is 5.18. The molecule has 2 N–H and O–H groups in total. The molecule has 1 aromatic carbocycles. The first-order valence-corrected chi connectivity index (χ1v) is 6.97. The van der Waals surface area contributed by atoms with E-state index < -0.39 is 6.10 Å². The number of amides is 2. The van der Waals surface area contributed by atoms with Crippen LogP contribution in [0.5, 0.6) is 0 Å². The van der Waals surface area contributed by atoms with E-state index in [1.807, 2.05) is 19.2 Å². The second kappa shape index (κ2) is 6.72. The number of carbonyl (C=O) groups excluding carboxylic acids is 1. The summed E-state index contributed by atoms with van der Waals surface area (Å²) >= 11 is 0. The van der Waals surface area contributed by atoms with Gasteiger partial charge in [-0.05, 0) is 37.5 Å². The van der Waals surface area contributed by atoms with Crippen LogP contribution in [0.2, 0.25) is 0 Å². The molecule has 1 aliphatic rings. The first-order chi connectivity index (χ1) is 9.58. The minimum absolute atomic E-state index is 0.110. The fraction of sp³-hybridized carbons (Fsp3) is 0.533. The Morgan fingerprint density at radius 2 is 1.95 bits per heavy atom. The van der Waals surface area contributed by atoms with Crippen molar-refractivity contribution in [2.24, 2.45) is 0 Å². The molecule has 0 aromatic heterocycles. The van der Waals surface area contributed by atoms with Crippen molar-refractivity contribution < 1.29 is 14.6 Å². The Labute approximate surface area is 119 Å². The molecule has 1 unspecified atom stereocenters. The third kappa shape index (κ3) is 3.71. The normalized spacial score (nSPS) is 17.6. The van der Waals surface area contributed by atoms with Gasteiger partial charge in [0.2, 0.25) is 0 Å². The maximum atomic E-state index is 12.2. The molecule has 1 atom stereocenters. The third-order valence-corrected chi connectivity index (χ3v) is 3.70. The molecule has 1 fully saturated rings. The minimum Gasteiger partial charge on any atom is -0.389 e. The average molecular weight is 278 g/mol. The van der Waals surface area contributed by atoms with E-state index in [0.717, 1.165) is 24.1 Å². The molecule has 5 heteroatoms. The summed E-state index contributed by atoms with van der Waals surface area (Å²) in [6.07, 6.45) is 1.26. The predicted molar refractivity (Wildman–Crippen MR) is 77.7 cm³/mol. The quantitative estimate of drug-likeness (QED) is 0.892. The van der Waals surface area contributed by atoms with Crippen molar-refractivity contribution in [1.82, 2.24) is 4.90 Å². The highest BCUT2D eigenvalue weighted by molar-refractivity contribution is 5.89. The Morgan fingerprint density at radius 3 is 2.50 bits per heavy atom. The smallest absolute Gasteiger partial charge is 0.321 e. The van der Waals surface area contributed by atoms with Crippen LogP contribution in [0, 0.1) is 0 Å². The number of ether oxygens (including phenoxy) is 1. The van der Waals surface area contributed by atoms with Crippen LogP contribution >= 0.6 is 0 Å². The van der Waals surface area contributed by atoms with Gasteiger partial charge in [-0.15, -0.1) is 0 Å². The number of rotatable bonds is 3. The van der Waals surface area contributed by atoms with Crippen LogP contribution in [-0.2, 0) is 4.74 Å². The Kier molecular flexibility index (Phi) is 4.98. The summed E-state index contributed by atoms with van der Waals surface area (Å²) in [7, 11) is 1.81. The molecule has 110 valence electrons. The molecule has 0 radical (unpaired) electrons. The van der Waals surface area contributed by atoms with E-state index in [9.17, 15) is 9.90 Å². The third-order valence-electron chi connectivity index (χ3n) is 3.70. The number of urea groups is 1. The summed E-state index contributed by atoms with van der Waals surface area (Å²) in [6.45, 7) is 3.14. The Morgan fingerprint density at radius 1 is 1.35 bits per heavy atom. The summed E-state index contributed by atoms with van der Waals surface area (Å²) in [5.41, 5.74) is 1.57. The Hall–Kier alpha value is -1.59. The lowest BCUT2D eigenvalue weighted by Crippen LogP contribution is -2.42. The number of nitrogens with one attached hydrogen (secondary N) is 1. The molecule has 0 spiro atoms. The van der Waals surface area contributed by atoms with E-state index in [-0.39, 0.29) is 12.1 Å². The van der Waals surface area contributed by atoms with Crippen LogP contribution < -0.4 is 5.32 Å². The molecule has 1 heterocycles. The molecule has 20 heavy (non-hydrogen) atoms.